The van der Waals surface area contributed by atoms with Crippen molar-refractivity contribution in [3.05, 3.63) is 53.3 Å². The second-order valence-corrected chi connectivity index (χ2v) is 6.45. The molecule has 1 aliphatic heterocycles. The molecule has 0 atom stereocenters. The summed E-state index contributed by atoms with van der Waals surface area (Å²) in [5.41, 5.74) is 5.71. The Bertz CT molecular complexity index is 921. The van der Waals surface area contributed by atoms with Gasteiger partial charge in [-0.2, -0.15) is 0 Å². The average molecular weight is 291 g/mol. The number of benzene rings is 1. The number of nitrogens with zero attached hydrogens (tertiary/aromatic N) is 1. The van der Waals surface area contributed by atoms with E-state index in [9.17, 15) is 4.79 Å². The molecule has 2 aromatic heterocycles. The molecular weight excluding hydrogens is 274 g/mol. The van der Waals surface area contributed by atoms with E-state index in [1.54, 1.807) is 0 Å². The number of hydrogen-bond donors (Lipinski definition) is 2. The van der Waals surface area contributed by atoms with Crippen molar-refractivity contribution in [2.75, 3.05) is 0 Å². The van der Waals surface area contributed by atoms with E-state index in [2.05, 4.69) is 27.4 Å². The van der Waals surface area contributed by atoms with Crippen molar-refractivity contribution < 1.29 is 4.79 Å². The Morgan fingerprint density at radius 1 is 1.14 bits per heavy atom. The van der Waals surface area contributed by atoms with Crippen LogP contribution in [0.5, 0.6) is 0 Å². The summed E-state index contributed by atoms with van der Waals surface area (Å²) < 4.78 is 0. The Labute approximate surface area is 128 Å². The molecule has 0 saturated heterocycles. The van der Waals surface area contributed by atoms with E-state index in [0.29, 0.717) is 0 Å². The van der Waals surface area contributed by atoms with E-state index in [1.165, 1.54) is 0 Å². The maximum atomic E-state index is 12.0. The minimum atomic E-state index is -0.331. The van der Waals surface area contributed by atoms with Crippen molar-refractivity contribution in [2.24, 2.45) is 0 Å². The van der Waals surface area contributed by atoms with E-state index < -0.39 is 0 Å². The first-order chi connectivity index (χ1) is 10.5. The molecule has 0 radical (unpaired) electrons. The molecule has 2 N–H and O–H groups in total. The Hall–Kier alpha value is -2.62. The highest BCUT2D eigenvalue weighted by Gasteiger charge is 2.35. The maximum Gasteiger partial charge on any atom is 0.252 e. The highest BCUT2D eigenvalue weighted by Crippen LogP contribution is 2.36. The SMILES string of the molecule is Cc1cnc2[nH]cc(-c3ccc4c(c3)C(C)(C)NC4=O)c2c1. The lowest BCUT2D eigenvalue weighted by molar-refractivity contribution is 0.0940. The fourth-order valence-electron chi connectivity index (χ4n) is 3.19. The van der Waals surface area contributed by atoms with Gasteiger partial charge in [-0.15, -0.1) is 0 Å². The first-order valence-electron chi connectivity index (χ1n) is 7.37. The highest BCUT2D eigenvalue weighted by molar-refractivity contribution is 6.01. The zero-order valence-electron chi connectivity index (χ0n) is 12.8. The predicted molar refractivity (Wildman–Crippen MR) is 86.8 cm³/mol. The van der Waals surface area contributed by atoms with Crippen LogP contribution in [0.2, 0.25) is 0 Å². The number of rotatable bonds is 1. The number of aryl methyl sites for hydroxylation is 1. The number of fused-ring (bicyclic) bond motifs is 2. The van der Waals surface area contributed by atoms with E-state index in [1.807, 2.05) is 45.3 Å². The molecule has 0 unspecified atom stereocenters. The van der Waals surface area contributed by atoms with Crippen LogP contribution in [0.1, 0.15) is 35.3 Å². The molecule has 3 heterocycles. The van der Waals surface area contributed by atoms with Gasteiger partial charge in [-0.05, 0) is 55.7 Å². The number of aromatic nitrogens is 2. The Kier molecular flexibility index (Phi) is 2.49. The summed E-state index contributed by atoms with van der Waals surface area (Å²) in [5, 5.41) is 4.12. The number of hydrogen-bond acceptors (Lipinski definition) is 2. The van der Waals surface area contributed by atoms with Gasteiger partial charge in [-0.1, -0.05) is 6.07 Å². The third-order valence-electron chi connectivity index (χ3n) is 4.34. The minimum Gasteiger partial charge on any atom is -0.346 e. The summed E-state index contributed by atoms with van der Waals surface area (Å²) in [4.78, 5) is 19.6. The van der Waals surface area contributed by atoms with Crippen molar-refractivity contribution in [1.82, 2.24) is 15.3 Å². The summed E-state index contributed by atoms with van der Waals surface area (Å²) in [6.07, 6.45) is 3.84. The minimum absolute atomic E-state index is 0.00277. The molecule has 3 aromatic rings. The number of H-pyrrole nitrogens is 1. The van der Waals surface area contributed by atoms with E-state index >= 15 is 0 Å². The lowest BCUT2D eigenvalue weighted by Gasteiger charge is -2.19. The molecule has 0 bridgehead atoms. The topological polar surface area (TPSA) is 57.8 Å². The fraction of sp³-hybridized carbons (Fsp3) is 0.222. The second-order valence-electron chi connectivity index (χ2n) is 6.45. The molecule has 0 spiro atoms. The van der Waals surface area contributed by atoms with Crippen molar-refractivity contribution in [3.8, 4) is 11.1 Å². The first kappa shape index (κ1) is 13.1. The normalized spacial score (nSPS) is 15.9. The van der Waals surface area contributed by atoms with E-state index in [0.717, 1.165) is 38.9 Å². The van der Waals surface area contributed by atoms with Gasteiger partial charge in [0.25, 0.3) is 5.91 Å². The quantitative estimate of drug-likeness (QED) is 0.720. The molecule has 1 amide bonds. The van der Waals surface area contributed by atoms with Crippen molar-refractivity contribution in [1.29, 1.82) is 0 Å². The van der Waals surface area contributed by atoms with E-state index in [-0.39, 0.29) is 11.4 Å². The fourth-order valence-corrected chi connectivity index (χ4v) is 3.19. The highest BCUT2D eigenvalue weighted by atomic mass is 16.2. The lowest BCUT2D eigenvalue weighted by Crippen LogP contribution is -2.32. The van der Waals surface area contributed by atoms with Crippen molar-refractivity contribution >= 4 is 16.9 Å². The zero-order valence-corrected chi connectivity index (χ0v) is 12.8. The van der Waals surface area contributed by atoms with E-state index in [4.69, 9.17) is 0 Å². The van der Waals surface area contributed by atoms with Crippen molar-refractivity contribution in [3.63, 3.8) is 0 Å². The van der Waals surface area contributed by atoms with Gasteiger partial charge in [0, 0.05) is 28.9 Å². The van der Waals surface area contributed by atoms with Gasteiger partial charge >= 0.3 is 0 Å². The molecule has 110 valence electrons. The molecular formula is C18H17N3O. The third-order valence-corrected chi connectivity index (χ3v) is 4.34. The molecule has 0 fully saturated rings. The monoisotopic (exact) mass is 291 g/mol. The summed E-state index contributed by atoms with van der Waals surface area (Å²) in [5.74, 6) is 0.00277. The van der Waals surface area contributed by atoms with Crippen LogP contribution in [-0.2, 0) is 5.54 Å². The van der Waals surface area contributed by atoms with Gasteiger partial charge in [-0.3, -0.25) is 4.79 Å². The predicted octanol–water partition coefficient (Wildman–Crippen LogP) is 3.52. The Morgan fingerprint density at radius 2 is 1.95 bits per heavy atom. The summed E-state index contributed by atoms with van der Waals surface area (Å²) in [6.45, 7) is 6.10. The summed E-state index contributed by atoms with van der Waals surface area (Å²) in [6, 6.07) is 8.16. The number of aromatic amines is 1. The largest absolute Gasteiger partial charge is 0.346 e. The van der Waals surface area contributed by atoms with Crippen LogP contribution in [0.3, 0.4) is 0 Å². The van der Waals surface area contributed by atoms with Gasteiger partial charge in [-0.25, -0.2) is 4.98 Å². The number of carbonyl (C=O) groups excluding carboxylic acids is 1. The van der Waals surface area contributed by atoms with Crippen LogP contribution in [0.25, 0.3) is 22.2 Å². The molecule has 4 rings (SSSR count). The first-order valence-corrected chi connectivity index (χ1v) is 7.37. The Balaban J connectivity index is 1.94. The van der Waals surface area contributed by atoms with Gasteiger partial charge in [0.15, 0.2) is 0 Å². The van der Waals surface area contributed by atoms with Crippen LogP contribution >= 0.6 is 0 Å². The van der Waals surface area contributed by atoms with Crippen LogP contribution in [0, 0.1) is 6.92 Å². The van der Waals surface area contributed by atoms with Crippen LogP contribution < -0.4 is 5.32 Å². The standard InChI is InChI=1S/C18H17N3O/c1-10-6-13-14(9-20-16(13)19-8-10)11-4-5-12-15(7-11)18(2,3)21-17(12)22/h4-9H,1-3H3,(H,19,20)(H,21,22). The van der Waals surface area contributed by atoms with Crippen LogP contribution in [0.15, 0.2) is 36.7 Å². The molecule has 22 heavy (non-hydrogen) atoms. The van der Waals surface area contributed by atoms with Crippen molar-refractivity contribution in [2.45, 2.75) is 26.3 Å². The Morgan fingerprint density at radius 3 is 2.77 bits per heavy atom. The van der Waals surface area contributed by atoms with Gasteiger partial charge in [0.05, 0.1) is 5.54 Å². The maximum absolute atomic E-state index is 12.0. The summed E-state index contributed by atoms with van der Waals surface area (Å²) in [7, 11) is 0. The number of amides is 1. The van der Waals surface area contributed by atoms with Gasteiger partial charge in [0.1, 0.15) is 5.65 Å². The average Bonchev–Trinajstić information content (AvgIpc) is 2.98. The third kappa shape index (κ3) is 1.77. The zero-order chi connectivity index (χ0) is 15.5. The molecule has 4 nitrogen and oxygen atoms in total. The smallest absolute Gasteiger partial charge is 0.252 e. The molecule has 4 heteroatoms. The van der Waals surface area contributed by atoms with Gasteiger partial charge < -0.3 is 10.3 Å². The second kappa shape index (κ2) is 4.19. The molecule has 0 aliphatic carbocycles. The summed E-state index contributed by atoms with van der Waals surface area (Å²) >= 11 is 0. The van der Waals surface area contributed by atoms with Crippen LogP contribution in [0.4, 0.5) is 0 Å². The number of carbonyl (C=O) groups is 1. The molecule has 1 aromatic carbocycles. The van der Waals surface area contributed by atoms with Gasteiger partial charge in [0.2, 0.25) is 0 Å². The lowest BCUT2D eigenvalue weighted by atomic mass is 9.91. The number of nitrogens with one attached hydrogen (secondary N) is 2. The molecule has 1 aliphatic rings. The van der Waals surface area contributed by atoms with Crippen LogP contribution in [-0.4, -0.2) is 15.9 Å². The number of pyridine rings is 1. The molecule has 0 saturated carbocycles.